The second-order valence-electron chi connectivity index (χ2n) is 3.62. The average molecular weight is 233 g/mol. The molecule has 2 aromatic rings. The zero-order chi connectivity index (χ0) is 12.3. The van der Waals surface area contributed by atoms with Gasteiger partial charge in [-0.05, 0) is 29.8 Å². The molecule has 0 aliphatic carbocycles. The van der Waals surface area contributed by atoms with Crippen LogP contribution >= 0.6 is 0 Å². The Morgan fingerprint density at radius 3 is 2.47 bits per heavy atom. The summed E-state index contributed by atoms with van der Waals surface area (Å²) in [4.78, 5) is 15.6. The summed E-state index contributed by atoms with van der Waals surface area (Å²) in [6, 6.07) is 6.33. The zero-order valence-electron chi connectivity index (χ0n) is 8.86. The van der Waals surface area contributed by atoms with Crippen LogP contribution < -0.4 is 0 Å². The van der Waals surface area contributed by atoms with Gasteiger partial charge in [0, 0.05) is 30.4 Å². The van der Waals surface area contributed by atoms with E-state index in [0.717, 1.165) is 18.2 Å². The van der Waals surface area contributed by atoms with E-state index in [0.29, 0.717) is 11.1 Å². The van der Waals surface area contributed by atoms with Crippen molar-refractivity contribution in [3.05, 3.63) is 65.5 Å². The SMILES string of the molecule is O=C(Cc1cc(F)cc(F)c1)c1cccnc1. The van der Waals surface area contributed by atoms with Crippen LogP contribution in [0.1, 0.15) is 15.9 Å². The molecule has 2 nitrogen and oxygen atoms in total. The topological polar surface area (TPSA) is 30.0 Å². The van der Waals surface area contributed by atoms with Crippen LogP contribution in [0.3, 0.4) is 0 Å². The molecule has 0 bridgehead atoms. The van der Waals surface area contributed by atoms with Gasteiger partial charge in [-0.25, -0.2) is 8.78 Å². The predicted molar refractivity (Wildman–Crippen MR) is 58.6 cm³/mol. The normalized spacial score (nSPS) is 10.2. The number of Topliss-reactive ketones (excluding diaryl/α,β-unsaturated/α-hetero) is 1. The Bertz CT molecular complexity index is 520. The van der Waals surface area contributed by atoms with Gasteiger partial charge in [-0.2, -0.15) is 0 Å². The number of ketones is 1. The molecule has 0 atom stereocenters. The molecule has 86 valence electrons. The minimum absolute atomic E-state index is 0.0413. The minimum atomic E-state index is -0.681. The molecule has 0 saturated heterocycles. The molecule has 2 rings (SSSR count). The minimum Gasteiger partial charge on any atom is -0.294 e. The first-order chi connectivity index (χ1) is 8.15. The highest BCUT2D eigenvalue weighted by Crippen LogP contribution is 2.11. The van der Waals surface area contributed by atoms with Crippen molar-refractivity contribution in [3.8, 4) is 0 Å². The van der Waals surface area contributed by atoms with Crippen molar-refractivity contribution in [3.63, 3.8) is 0 Å². The molecule has 17 heavy (non-hydrogen) atoms. The van der Waals surface area contributed by atoms with Crippen molar-refractivity contribution in [2.75, 3.05) is 0 Å². The van der Waals surface area contributed by atoms with Crippen molar-refractivity contribution in [2.45, 2.75) is 6.42 Å². The molecule has 0 spiro atoms. The van der Waals surface area contributed by atoms with Gasteiger partial charge in [0.1, 0.15) is 11.6 Å². The molecule has 1 aromatic carbocycles. The van der Waals surface area contributed by atoms with Crippen LogP contribution in [0.25, 0.3) is 0 Å². The van der Waals surface area contributed by atoms with Crippen LogP contribution in [0.5, 0.6) is 0 Å². The summed E-state index contributed by atoms with van der Waals surface area (Å²) in [6.07, 6.45) is 2.94. The standard InChI is InChI=1S/C13H9F2NO/c14-11-4-9(5-12(15)7-11)6-13(17)10-2-1-3-16-8-10/h1-5,7-8H,6H2. The first-order valence-electron chi connectivity index (χ1n) is 5.03. The van der Waals surface area contributed by atoms with Gasteiger partial charge in [-0.1, -0.05) is 0 Å². The van der Waals surface area contributed by atoms with E-state index in [9.17, 15) is 13.6 Å². The highest BCUT2D eigenvalue weighted by molar-refractivity contribution is 5.97. The summed E-state index contributed by atoms with van der Waals surface area (Å²) in [5, 5.41) is 0. The van der Waals surface area contributed by atoms with E-state index >= 15 is 0 Å². The van der Waals surface area contributed by atoms with Gasteiger partial charge in [0.2, 0.25) is 0 Å². The lowest BCUT2D eigenvalue weighted by Gasteiger charge is -2.01. The molecule has 0 radical (unpaired) electrons. The number of nitrogens with zero attached hydrogens (tertiary/aromatic N) is 1. The molecule has 4 heteroatoms. The molecule has 0 unspecified atom stereocenters. The third-order valence-corrected chi connectivity index (χ3v) is 2.27. The molecule has 0 amide bonds. The van der Waals surface area contributed by atoms with Crippen molar-refractivity contribution in [1.29, 1.82) is 0 Å². The monoisotopic (exact) mass is 233 g/mol. The van der Waals surface area contributed by atoms with Gasteiger partial charge < -0.3 is 0 Å². The van der Waals surface area contributed by atoms with Crippen LogP contribution in [0, 0.1) is 11.6 Å². The summed E-state index contributed by atoms with van der Waals surface area (Å²) in [5.41, 5.74) is 0.744. The average Bonchev–Trinajstić information content (AvgIpc) is 2.28. The number of aromatic nitrogens is 1. The predicted octanol–water partition coefficient (Wildman–Crippen LogP) is 2.79. The quantitative estimate of drug-likeness (QED) is 0.763. The maximum atomic E-state index is 12.9. The number of carbonyl (C=O) groups is 1. The van der Waals surface area contributed by atoms with E-state index in [4.69, 9.17) is 0 Å². The van der Waals surface area contributed by atoms with Gasteiger partial charge in [-0.15, -0.1) is 0 Å². The molecular formula is C13H9F2NO. The summed E-state index contributed by atoms with van der Waals surface area (Å²) in [7, 11) is 0. The lowest BCUT2D eigenvalue weighted by atomic mass is 10.0. The summed E-state index contributed by atoms with van der Waals surface area (Å²) in [6.45, 7) is 0. The number of hydrogen-bond donors (Lipinski definition) is 0. The molecular weight excluding hydrogens is 224 g/mol. The van der Waals surface area contributed by atoms with Crippen molar-refractivity contribution in [1.82, 2.24) is 4.98 Å². The lowest BCUT2D eigenvalue weighted by Crippen LogP contribution is -2.04. The van der Waals surface area contributed by atoms with Crippen LogP contribution in [0.4, 0.5) is 8.78 Å². The van der Waals surface area contributed by atoms with Crippen molar-refractivity contribution in [2.24, 2.45) is 0 Å². The molecule has 0 aliphatic rings. The van der Waals surface area contributed by atoms with E-state index < -0.39 is 11.6 Å². The van der Waals surface area contributed by atoms with E-state index in [-0.39, 0.29) is 12.2 Å². The van der Waals surface area contributed by atoms with Crippen molar-refractivity contribution < 1.29 is 13.6 Å². The lowest BCUT2D eigenvalue weighted by molar-refractivity contribution is 0.0992. The molecule has 1 aromatic heterocycles. The fraction of sp³-hybridized carbons (Fsp3) is 0.0769. The second kappa shape index (κ2) is 4.82. The number of carbonyl (C=O) groups excluding carboxylic acids is 1. The number of benzene rings is 1. The Morgan fingerprint density at radius 1 is 1.18 bits per heavy atom. The maximum absolute atomic E-state index is 12.9. The molecule has 0 fully saturated rings. The molecule has 0 aliphatic heterocycles. The second-order valence-corrected chi connectivity index (χ2v) is 3.62. The van der Waals surface area contributed by atoms with E-state index in [1.807, 2.05) is 0 Å². The van der Waals surface area contributed by atoms with Crippen LogP contribution in [-0.2, 0) is 6.42 Å². The molecule has 0 N–H and O–H groups in total. The third-order valence-electron chi connectivity index (χ3n) is 2.27. The van der Waals surface area contributed by atoms with Gasteiger partial charge in [-0.3, -0.25) is 9.78 Å². The summed E-state index contributed by atoms with van der Waals surface area (Å²) >= 11 is 0. The van der Waals surface area contributed by atoms with Gasteiger partial charge >= 0.3 is 0 Å². The van der Waals surface area contributed by atoms with Crippen LogP contribution in [0.15, 0.2) is 42.7 Å². The molecule has 0 saturated carbocycles. The molecule has 1 heterocycles. The number of halogens is 2. The van der Waals surface area contributed by atoms with Crippen LogP contribution in [0.2, 0.25) is 0 Å². The Morgan fingerprint density at radius 2 is 1.88 bits per heavy atom. The fourth-order valence-electron chi connectivity index (χ4n) is 1.53. The highest BCUT2D eigenvalue weighted by atomic mass is 19.1. The Kier molecular flexibility index (Phi) is 3.23. The fourth-order valence-corrected chi connectivity index (χ4v) is 1.53. The highest BCUT2D eigenvalue weighted by Gasteiger charge is 2.08. The first kappa shape index (κ1) is 11.4. The maximum Gasteiger partial charge on any atom is 0.168 e. The smallest absolute Gasteiger partial charge is 0.168 e. The number of hydrogen-bond acceptors (Lipinski definition) is 2. The van der Waals surface area contributed by atoms with Crippen molar-refractivity contribution >= 4 is 5.78 Å². The Balaban J connectivity index is 2.19. The van der Waals surface area contributed by atoms with E-state index in [1.54, 1.807) is 18.3 Å². The Hall–Kier alpha value is -2.10. The van der Waals surface area contributed by atoms with Gasteiger partial charge in [0.15, 0.2) is 5.78 Å². The number of rotatable bonds is 3. The summed E-state index contributed by atoms with van der Waals surface area (Å²) < 4.78 is 25.8. The van der Waals surface area contributed by atoms with Gasteiger partial charge in [0.05, 0.1) is 0 Å². The number of pyridine rings is 1. The third kappa shape index (κ3) is 2.93. The van der Waals surface area contributed by atoms with E-state index in [2.05, 4.69) is 4.98 Å². The van der Waals surface area contributed by atoms with Gasteiger partial charge in [0.25, 0.3) is 0 Å². The van der Waals surface area contributed by atoms with E-state index in [1.165, 1.54) is 6.20 Å². The first-order valence-corrected chi connectivity index (χ1v) is 5.03. The largest absolute Gasteiger partial charge is 0.294 e. The Labute approximate surface area is 96.9 Å². The summed E-state index contributed by atoms with van der Waals surface area (Å²) in [5.74, 6) is -1.58. The van der Waals surface area contributed by atoms with Crippen LogP contribution in [-0.4, -0.2) is 10.8 Å². The zero-order valence-corrected chi connectivity index (χ0v) is 8.86.